The van der Waals surface area contributed by atoms with Crippen LogP contribution in [0.15, 0.2) is 12.1 Å². The zero-order chi connectivity index (χ0) is 14.0. The number of aromatic nitrogens is 1. The molecule has 0 spiro atoms. The van der Waals surface area contributed by atoms with Crippen molar-refractivity contribution < 1.29 is 4.43 Å². The van der Waals surface area contributed by atoms with Gasteiger partial charge in [0.25, 0.3) is 0 Å². The Hall–Kier alpha value is -0.673. The summed E-state index contributed by atoms with van der Waals surface area (Å²) in [6.07, 6.45) is 0.910. The summed E-state index contributed by atoms with van der Waals surface area (Å²) in [5, 5.41) is 0.281. The van der Waals surface area contributed by atoms with Crippen LogP contribution in [0.25, 0.3) is 0 Å². The number of rotatable bonds is 4. The number of hydrogen-bond donors (Lipinski definition) is 0. The molecule has 0 N–H and O–H groups in total. The number of pyridine rings is 1. The molecule has 1 aromatic heterocycles. The Morgan fingerprint density at radius 3 is 2.28 bits per heavy atom. The number of nitrogens with zero attached hydrogens (tertiary/aromatic N) is 1. The average molecular weight is 265 g/mol. The molecule has 0 atom stereocenters. The largest absolute Gasteiger partial charge is 0.416 e. The lowest BCUT2D eigenvalue weighted by atomic mass is 10.2. The normalized spacial score (nSPS) is 12.8. The van der Waals surface area contributed by atoms with E-state index in [0.29, 0.717) is 0 Å². The van der Waals surface area contributed by atoms with Crippen LogP contribution >= 0.6 is 0 Å². The fraction of sp³-hybridized carbons (Fsp3) is 0.667. The first-order valence-electron chi connectivity index (χ1n) is 6.70. The SMILES string of the molecule is Cc1ccc(CCO[Si](C)(C)C(C)(C)C)nc1C. The van der Waals surface area contributed by atoms with E-state index < -0.39 is 8.32 Å². The molecule has 0 aliphatic heterocycles. The third kappa shape index (κ3) is 3.92. The second-order valence-electron chi connectivity index (χ2n) is 6.56. The van der Waals surface area contributed by atoms with E-state index in [1.165, 1.54) is 5.56 Å². The lowest BCUT2D eigenvalue weighted by Gasteiger charge is -2.36. The van der Waals surface area contributed by atoms with Gasteiger partial charge in [-0.3, -0.25) is 4.98 Å². The Morgan fingerprint density at radius 2 is 1.78 bits per heavy atom. The molecular weight excluding hydrogens is 238 g/mol. The summed E-state index contributed by atoms with van der Waals surface area (Å²) in [7, 11) is -1.61. The molecule has 18 heavy (non-hydrogen) atoms. The van der Waals surface area contributed by atoms with E-state index in [-0.39, 0.29) is 5.04 Å². The van der Waals surface area contributed by atoms with Crippen LogP contribution in [0.5, 0.6) is 0 Å². The lowest BCUT2D eigenvalue weighted by Crippen LogP contribution is -2.41. The molecule has 0 saturated carbocycles. The first-order chi connectivity index (χ1) is 8.13. The van der Waals surface area contributed by atoms with Gasteiger partial charge in [-0.15, -0.1) is 0 Å². The zero-order valence-corrected chi connectivity index (χ0v) is 13.9. The Balaban J connectivity index is 2.54. The first-order valence-corrected chi connectivity index (χ1v) is 9.61. The minimum Gasteiger partial charge on any atom is -0.416 e. The van der Waals surface area contributed by atoms with Gasteiger partial charge in [-0.05, 0) is 43.6 Å². The molecule has 0 fully saturated rings. The highest BCUT2D eigenvalue weighted by Crippen LogP contribution is 2.36. The van der Waals surface area contributed by atoms with Gasteiger partial charge < -0.3 is 4.43 Å². The monoisotopic (exact) mass is 265 g/mol. The van der Waals surface area contributed by atoms with Crippen LogP contribution in [0.1, 0.15) is 37.7 Å². The van der Waals surface area contributed by atoms with Crippen molar-refractivity contribution in [2.75, 3.05) is 6.61 Å². The summed E-state index contributed by atoms with van der Waals surface area (Å²) >= 11 is 0. The summed E-state index contributed by atoms with van der Waals surface area (Å²) in [4.78, 5) is 4.59. The molecule has 1 heterocycles. The summed E-state index contributed by atoms with van der Waals surface area (Å²) in [6.45, 7) is 16.3. The van der Waals surface area contributed by atoms with Crippen molar-refractivity contribution in [2.24, 2.45) is 0 Å². The molecule has 0 saturated heterocycles. The zero-order valence-electron chi connectivity index (χ0n) is 12.9. The molecule has 0 amide bonds. The Morgan fingerprint density at radius 1 is 1.17 bits per heavy atom. The quantitative estimate of drug-likeness (QED) is 0.759. The van der Waals surface area contributed by atoms with Gasteiger partial charge in [0.2, 0.25) is 0 Å². The van der Waals surface area contributed by atoms with Crippen molar-refractivity contribution in [3.63, 3.8) is 0 Å². The van der Waals surface area contributed by atoms with E-state index in [1.54, 1.807) is 0 Å². The lowest BCUT2D eigenvalue weighted by molar-refractivity contribution is 0.290. The van der Waals surface area contributed by atoms with E-state index in [1.807, 2.05) is 0 Å². The van der Waals surface area contributed by atoms with Gasteiger partial charge in [0, 0.05) is 24.4 Å². The average Bonchev–Trinajstić information content (AvgIpc) is 2.21. The van der Waals surface area contributed by atoms with Gasteiger partial charge >= 0.3 is 0 Å². The summed E-state index contributed by atoms with van der Waals surface area (Å²) in [5.41, 5.74) is 3.51. The highest BCUT2D eigenvalue weighted by Gasteiger charge is 2.36. The maximum Gasteiger partial charge on any atom is 0.191 e. The molecule has 0 radical (unpaired) electrons. The standard InChI is InChI=1S/C15H27NOSi/c1-12-8-9-14(16-13(12)2)10-11-17-18(6,7)15(3,4)5/h8-9H,10-11H2,1-7H3. The van der Waals surface area contributed by atoms with Gasteiger partial charge in [0.15, 0.2) is 8.32 Å². The Labute approximate surface area is 113 Å². The van der Waals surface area contributed by atoms with Crippen molar-refractivity contribution in [3.05, 3.63) is 29.1 Å². The van der Waals surface area contributed by atoms with Crippen molar-refractivity contribution in [1.29, 1.82) is 0 Å². The van der Waals surface area contributed by atoms with Crippen molar-refractivity contribution >= 4 is 8.32 Å². The molecule has 0 bridgehead atoms. The molecule has 0 aliphatic rings. The molecular formula is C15H27NOSi. The van der Waals surface area contributed by atoms with E-state index in [9.17, 15) is 0 Å². The van der Waals surface area contributed by atoms with Crippen molar-refractivity contribution in [1.82, 2.24) is 4.98 Å². The molecule has 1 rings (SSSR count). The van der Waals surface area contributed by atoms with Gasteiger partial charge in [0.1, 0.15) is 0 Å². The van der Waals surface area contributed by atoms with Gasteiger partial charge in [0.05, 0.1) is 0 Å². The maximum absolute atomic E-state index is 6.17. The second kappa shape index (κ2) is 5.53. The number of hydrogen-bond acceptors (Lipinski definition) is 2. The Bertz CT molecular complexity index is 407. The van der Waals surface area contributed by atoms with E-state index in [4.69, 9.17) is 4.43 Å². The van der Waals surface area contributed by atoms with Crippen molar-refractivity contribution in [2.45, 2.75) is 59.2 Å². The minimum absolute atomic E-state index is 0.281. The smallest absolute Gasteiger partial charge is 0.191 e. The second-order valence-corrected chi connectivity index (χ2v) is 11.4. The van der Waals surface area contributed by atoms with E-state index >= 15 is 0 Å². The first kappa shape index (κ1) is 15.4. The number of aryl methyl sites for hydroxylation is 2. The predicted octanol–water partition coefficient (Wildman–Crippen LogP) is 4.26. The third-order valence-electron chi connectivity index (χ3n) is 4.04. The van der Waals surface area contributed by atoms with Crippen LogP contribution in [0.3, 0.4) is 0 Å². The molecule has 1 aromatic rings. The third-order valence-corrected chi connectivity index (χ3v) is 8.57. The summed E-state index contributed by atoms with van der Waals surface area (Å²) < 4.78 is 6.17. The van der Waals surface area contributed by atoms with E-state index in [2.05, 4.69) is 64.8 Å². The van der Waals surface area contributed by atoms with Crippen molar-refractivity contribution in [3.8, 4) is 0 Å². The fourth-order valence-corrected chi connectivity index (χ4v) is 2.49. The van der Waals surface area contributed by atoms with Crippen LogP contribution in [0, 0.1) is 13.8 Å². The predicted molar refractivity (Wildman–Crippen MR) is 80.6 cm³/mol. The van der Waals surface area contributed by atoms with Crippen LogP contribution in [-0.2, 0) is 10.8 Å². The highest BCUT2D eigenvalue weighted by molar-refractivity contribution is 6.74. The molecule has 0 unspecified atom stereocenters. The fourth-order valence-electron chi connectivity index (χ4n) is 1.45. The Kier molecular flexibility index (Phi) is 4.73. The van der Waals surface area contributed by atoms with Crippen LogP contribution < -0.4 is 0 Å². The molecule has 102 valence electrons. The van der Waals surface area contributed by atoms with Gasteiger partial charge in [-0.1, -0.05) is 26.8 Å². The van der Waals surface area contributed by atoms with Crippen LogP contribution in [0.2, 0.25) is 18.1 Å². The summed E-state index contributed by atoms with van der Waals surface area (Å²) in [6, 6.07) is 4.25. The van der Waals surface area contributed by atoms with Crippen LogP contribution in [-0.4, -0.2) is 19.9 Å². The summed E-state index contributed by atoms with van der Waals surface area (Å²) in [5.74, 6) is 0. The minimum atomic E-state index is -1.61. The maximum atomic E-state index is 6.17. The van der Waals surface area contributed by atoms with Gasteiger partial charge in [-0.25, -0.2) is 0 Å². The highest BCUT2D eigenvalue weighted by atomic mass is 28.4. The molecule has 2 nitrogen and oxygen atoms in total. The topological polar surface area (TPSA) is 22.1 Å². The van der Waals surface area contributed by atoms with Gasteiger partial charge in [-0.2, -0.15) is 0 Å². The molecule has 3 heteroatoms. The molecule has 0 aliphatic carbocycles. The van der Waals surface area contributed by atoms with E-state index in [0.717, 1.165) is 24.4 Å². The molecule has 0 aromatic carbocycles. The van der Waals surface area contributed by atoms with Crippen LogP contribution in [0.4, 0.5) is 0 Å².